The van der Waals surface area contributed by atoms with Crippen molar-refractivity contribution in [2.24, 2.45) is 0 Å². The second-order valence-electron chi connectivity index (χ2n) is 5.42. The highest BCUT2D eigenvalue weighted by Gasteiger charge is 2.12. The molecule has 0 aliphatic carbocycles. The minimum Gasteiger partial charge on any atom is -0.339 e. The molecule has 0 bridgehead atoms. The van der Waals surface area contributed by atoms with Gasteiger partial charge in [-0.2, -0.15) is 5.10 Å². The lowest BCUT2D eigenvalue weighted by molar-refractivity contribution is 0.241. The van der Waals surface area contributed by atoms with E-state index in [0.717, 1.165) is 27.5 Å². The fraction of sp³-hybridized carbons (Fsp3) is 0.375. The number of benzene rings is 1. The summed E-state index contributed by atoms with van der Waals surface area (Å²) < 4.78 is 1.96. The highest BCUT2D eigenvalue weighted by molar-refractivity contribution is 8.13. The molecular formula is C16H21N3OS. The molecular weight excluding hydrogens is 282 g/mol. The van der Waals surface area contributed by atoms with E-state index >= 15 is 0 Å². The summed E-state index contributed by atoms with van der Waals surface area (Å²) in [5, 5.41) is 4.61. The second kappa shape index (κ2) is 5.93. The average molecular weight is 303 g/mol. The number of rotatable bonds is 2. The maximum Gasteiger partial charge on any atom is 0.285 e. The van der Waals surface area contributed by atoms with E-state index < -0.39 is 0 Å². The van der Waals surface area contributed by atoms with E-state index in [1.54, 1.807) is 19.0 Å². The Morgan fingerprint density at radius 1 is 1.19 bits per heavy atom. The summed E-state index contributed by atoms with van der Waals surface area (Å²) >= 11 is 1.25. The molecule has 0 N–H and O–H groups in total. The molecule has 0 radical (unpaired) electrons. The first-order chi connectivity index (χ1) is 9.81. The zero-order valence-corrected chi connectivity index (χ0v) is 14.2. The molecule has 1 aromatic carbocycles. The third-order valence-electron chi connectivity index (χ3n) is 3.62. The molecule has 112 valence electrons. The number of carbonyl (C=O) groups excluding carboxylic acids is 1. The van der Waals surface area contributed by atoms with Gasteiger partial charge in [-0.1, -0.05) is 0 Å². The Morgan fingerprint density at radius 3 is 2.33 bits per heavy atom. The summed E-state index contributed by atoms with van der Waals surface area (Å²) in [6, 6.07) is 6.07. The van der Waals surface area contributed by atoms with Crippen LogP contribution in [0, 0.1) is 27.7 Å². The first kappa shape index (κ1) is 15.6. The molecule has 5 heteroatoms. The molecule has 21 heavy (non-hydrogen) atoms. The van der Waals surface area contributed by atoms with Gasteiger partial charge in [0.2, 0.25) is 0 Å². The highest BCUT2D eigenvalue weighted by atomic mass is 32.2. The van der Waals surface area contributed by atoms with Crippen molar-refractivity contribution in [1.82, 2.24) is 14.7 Å². The number of carbonyl (C=O) groups is 1. The van der Waals surface area contributed by atoms with Crippen molar-refractivity contribution in [2.75, 3.05) is 14.1 Å². The topological polar surface area (TPSA) is 38.1 Å². The molecule has 1 amide bonds. The average Bonchev–Trinajstić information content (AvgIpc) is 2.68. The lowest BCUT2D eigenvalue weighted by atomic mass is 10.2. The summed E-state index contributed by atoms with van der Waals surface area (Å²) in [5.41, 5.74) is 5.53. The molecule has 2 rings (SSSR count). The van der Waals surface area contributed by atoms with E-state index in [1.807, 2.05) is 30.7 Å². The van der Waals surface area contributed by atoms with E-state index in [9.17, 15) is 4.79 Å². The fourth-order valence-electron chi connectivity index (χ4n) is 2.04. The Morgan fingerprint density at radius 2 is 1.86 bits per heavy atom. The van der Waals surface area contributed by atoms with E-state index in [0.29, 0.717) is 0 Å². The van der Waals surface area contributed by atoms with Crippen LogP contribution < -0.4 is 0 Å². The van der Waals surface area contributed by atoms with E-state index in [-0.39, 0.29) is 5.24 Å². The summed E-state index contributed by atoms with van der Waals surface area (Å²) in [5.74, 6) is 0. The van der Waals surface area contributed by atoms with Crippen molar-refractivity contribution in [2.45, 2.75) is 32.6 Å². The maximum absolute atomic E-state index is 11.8. The van der Waals surface area contributed by atoms with Gasteiger partial charge >= 0.3 is 0 Å². The summed E-state index contributed by atoms with van der Waals surface area (Å²) in [6.07, 6.45) is 0. The molecule has 4 nitrogen and oxygen atoms in total. The van der Waals surface area contributed by atoms with E-state index in [2.05, 4.69) is 25.0 Å². The Bertz CT molecular complexity index is 689. The van der Waals surface area contributed by atoms with Gasteiger partial charge in [0, 0.05) is 24.7 Å². The van der Waals surface area contributed by atoms with Gasteiger partial charge < -0.3 is 4.90 Å². The van der Waals surface area contributed by atoms with Crippen molar-refractivity contribution in [3.8, 4) is 5.69 Å². The van der Waals surface area contributed by atoms with Gasteiger partial charge in [0.05, 0.1) is 11.4 Å². The molecule has 0 fully saturated rings. The predicted octanol–water partition coefficient (Wildman–Crippen LogP) is 3.88. The number of hydrogen-bond donors (Lipinski definition) is 0. The molecule has 0 aliphatic heterocycles. The van der Waals surface area contributed by atoms with Gasteiger partial charge in [-0.3, -0.25) is 4.79 Å². The van der Waals surface area contributed by atoms with E-state index in [1.165, 1.54) is 17.3 Å². The van der Waals surface area contributed by atoms with Gasteiger partial charge in [0.1, 0.15) is 0 Å². The SMILES string of the molecule is Cc1cc(-n2nc(C)c(C)c2C)ccc1SC(=O)N(C)C. The molecule has 0 unspecified atom stereocenters. The van der Waals surface area contributed by atoms with Crippen molar-refractivity contribution in [3.63, 3.8) is 0 Å². The third-order valence-corrected chi connectivity index (χ3v) is 4.84. The van der Waals surface area contributed by atoms with Crippen LogP contribution in [0.4, 0.5) is 4.79 Å². The monoisotopic (exact) mass is 303 g/mol. The van der Waals surface area contributed by atoms with Crippen LogP contribution in [-0.4, -0.2) is 34.0 Å². The van der Waals surface area contributed by atoms with Crippen molar-refractivity contribution in [3.05, 3.63) is 40.7 Å². The van der Waals surface area contributed by atoms with Crippen molar-refractivity contribution in [1.29, 1.82) is 0 Å². The number of thioether (sulfide) groups is 1. The van der Waals surface area contributed by atoms with Crippen LogP contribution in [0.5, 0.6) is 0 Å². The van der Waals surface area contributed by atoms with Gasteiger partial charge in [0.15, 0.2) is 0 Å². The third kappa shape index (κ3) is 3.13. The summed E-state index contributed by atoms with van der Waals surface area (Å²) in [4.78, 5) is 14.4. The maximum atomic E-state index is 11.8. The Balaban J connectivity index is 2.35. The molecule has 0 atom stereocenters. The van der Waals surface area contributed by atoms with Crippen LogP contribution in [0.3, 0.4) is 0 Å². The van der Waals surface area contributed by atoms with E-state index in [4.69, 9.17) is 0 Å². The highest BCUT2D eigenvalue weighted by Crippen LogP contribution is 2.27. The molecule has 0 saturated heterocycles. The first-order valence-electron chi connectivity index (χ1n) is 6.84. The molecule has 1 aromatic heterocycles. The number of aryl methyl sites for hydroxylation is 2. The van der Waals surface area contributed by atoms with Crippen LogP contribution >= 0.6 is 11.8 Å². The second-order valence-corrected chi connectivity index (χ2v) is 6.41. The summed E-state index contributed by atoms with van der Waals surface area (Å²) in [6.45, 7) is 8.20. The molecule has 0 aliphatic rings. The van der Waals surface area contributed by atoms with Crippen LogP contribution in [0.2, 0.25) is 0 Å². The Hall–Kier alpha value is -1.75. The fourth-order valence-corrected chi connectivity index (χ4v) is 2.76. The standard InChI is InChI=1S/C16H21N3OS/c1-10-9-14(19-13(4)11(2)12(3)17-19)7-8-15(10)21-16(20)18(5)6/h7-9H,1-6H3. The summed E-state index contributed by atoms with van der Waals surface area (Å²) in [7, 11) is 3.52. The van der Waals surface area contributed by atoms with Gasteiger partial charge in [0.25, 0.3) is 5.24 Å². The van der Waals surface area contributed by atoms with Crippen LogP contribution in [-0.2, 0) is 0 Å². The number of aromatic nitrogens is 2. The molecule has 0 spiro atoms. The van der Waals surface area contributed by atoms with Gasteiger partial charge in [-0.05, 0) is 68.8 Å². The molecule has 0 saturated carbocycles. The van der Waals surface area contributed by atoms with Crippen molar-refractivity contribution >= 4 is 17.0 Å². The van der Waals surface area contributed by atoms with Gasteiger partial charge in [-0.15, -0.1) is 0 Å². The van der Waals surface area contributed by atoms with Crippen molar-refractivity contribution < 1.29 is 4.79 Å². The normalized spacial score (nSPS) is 10.8. The number of amides is 1. The zero-order valence-electron chi connectivity index (χ0n) is 13.4. The largest absolute Gasteiger partial charge is 0.339 e. The molecule has 1 heterocycles. The van der Waals surface area contributed by atoms with Crippen LogP contribution in [0.1, 0.15) is 22.5 Å². The Kier molecular flexibility index (Phi) is 4.42. The minimum absolute atomic E-state index is 0.0350. The molecule has 2 aromatic rings. The zero-order chi connectivity index (χ0) is 15.7. The lowest BCUT2D eigenvalue weighted by Crippen LogP contribution is -2.16. The number of hydrogen-bond acceptors (Lipinski definition) is 3. The Labute approximate surface area is 130 Å². The van der Waals surface area contributed by atoms with Crippen LogP contribution in [0.25, 0.3) is 5.69 Å². The minimum atomic E-state index is 0.0350. The smallest absolute Gasteiger partial charge is 0.285 e. The van der Waals surface area contributed by atoms with Crippen LogP contribution in [0.15, 0.2) is 23.1 Å². The van der Waals surface area contributed by atoms with Gasteiger partial charge in [-0.25, -0.2) is 4.68 Å². The first-order valence-corrected chi connectivity index (χ1v) is 7.66. The number of nitrogens with zero attached hydrogens (tertiary/aromatic N) is 3. The lowest BCUT2D eigenvalue weighted by Gasteiger charge is -2.12. The quantitative estimate of drug-likeness (QED) is 0.790. The predicted molar refractivity (Wildman–Crippen MR) is 87.5 cm³/mol.